The van der Waals surface area contributed by atoms with E-state index in [4.69, 9.17) is 17.3 Å². The monoisotopic (exact) mass is 225 g/mol. The van der Waals surface area contributed by atoms with Gasteiger partial charge in [0.25, 0.3) is 0 Å². The predicted molar refractivity (Wildman–Crippen MR) is 63.2 cm³/mol. The molecular weight excluding hydrogens is 210 g/mol. The van der Waals surface area contributed by atoms with Crippen molar-refractivity contribution in [1.29, 1.82) is 0 Å². The molecule has 0 fully saturated rings. The third kappa shape index (κ3) is 3.65. The van der Waals surface area contributed by atoms with Crippen LogP contribution < -0.4 is 5.73 Å². The van der Waals surface area contributed by atoms with Crippen LogP contribution in [0.5, 0.6) is 0 Å². The van der Waals surface area contributed by atoms with Crippen molar-refractivity contribution >= 4 is 17.4 Å². The van der Waals surface area contributed by atoms with Gasteiger partial charge >= 0.3 is 0 Å². The quantitative estimate of drug-likeness (QED) is 0.801. The number of carbonyl (C=O) groups excluding carboxylic acids is 1. The van der Waals surface area contributed by atoms with Crippen molar-refractivity contribution in [3.05, 3.63) is 34.9 Å². The van der Waals surface area contributed by atoms with Crippen LogP contribution in [0.1, 0.15) is 30.6 Å². The first-order valence-corrected chi connectivity index (χ1v) is 5.44. The second-order valence-electron chi connectivity index (χ2n) is 4.11. The Morgan fingerprint density at radius 3 is 2.67 bits per heavy atom. The molecule has 1 unspecified atom stereocenters. The van der Waals surface area contributed by atoms with Crippen LogP contribution in [0.4, 0.5) is 0 Å². The Labute approximate surface area is 95.4 Å². The maximum absolute atomic E-state index is 11.8. The van der Waals surface area contributed by atoms with Crippen LogP contribution in [0.3, 0.4) is 0 Å². The SMILES string of the molecule is CC(C)CC(N)C(=O)c1cccc(Cl)c1. The summed E-state index contributed by atoms with van der Waals surface area (Å²) in [4.78, 5) is 11.8. The smallest absolute Gasteiger partial charge is 0.179 e. The molecule has 0 aliphatic rings. The van der Waals surface area contributed by atoms with Crippen LogP contribution in [0.2, 0.25) is 5.02 Å². The van der Waals surface area contributed by atoms with E-state index in [0.717, 1.165) is 0 Å². The van der Waals surface area contributed by atoms with Gasteiger partial charge in [0.2, 0.25) is 0 Å². The highest BCUT2D eigenvalue weighted by atomic mass is 35.5. The van der Waals surface area contributed by atoms with Crippen molar-refractivity contribution in [3.63, 3.8) is 0 Å². The van der Waals surface area contributed by atoms with Gasteiger partial charge < -0.3 is 5.73 Å². The number of ketones is 1. The van der Waals surface area contributed by atoms with Gasteiger partial charge in [-0.05, 0) is 24.5 Å². The number of halogens is 1. The maximum atomic E-state index is 11.8. The Morgan fingerprint density at radius 2 is 2.13 bits per heavy atom. The molecule has 0 radical (unpaired) electrons. The standard InChI is InChI=1S/C12H16ClNO/c1-8(2)6-11(14)12(15)9-4-3-5-10(13)7-9/h3-5,7-8,11H,6,14H2,1-2H3. The molecule has 82 valence electrons. The average Bonchev–Trinajstić information content (AvgIpc) is 2.15. The minimum absolute atomic E-state index is 0.0359. The molecule has 0 saturated heterocycles. The summed E-state index contributed by atoms with van der Waals surface area (Å²) in [5.41, 5.74) is 6.40. The van der Waals surface area contributed by atoms with E-state index in [1.807, 2.05) is 13.8 Å². The Balaban J connectivity index is 2.76. The highest BCUT2D eigenvalue weighted by Gasteiger charge is 2.16. The van der Waals surface area contributed by atoms with Crippen LogP contribution in [0, 0.1) is 5.92 Å². The third-order valence-electron chi connectivity index (χ3n) is 2.17. The fourth-order valence-electron chi connectivity index (χ4n) is 1.47. The average molecular weight is 226 g/mol. The number of carbonyl (C=O) groups is 1. The normalized spacial score (nSPS) is 12.9. The second kappa shape index (κ2) is 5.29. The Hall–Kier alpha value is -0.860. The lowest BCUT2D eigenvalue weighted by molar-refractivity contribution is 0.0951. The van der Waals surface area contributed by atoms with Crippen LogP contribution in [0.25, 0.3) is 0 Å². The van der Waals surface area contributed by atoms with Gasteiger partial charge in [0.1, 0.15) is 0 Å². The van der Waals surface area contributed by atoms with Gasteiger partial charge in [-0.15, -0.1) is 0 Å². The first kappa shape index (κ1) is 12.2. The molecule has 0 bridgehead atoms. The van der Waals surface area contributed by atoms with Gasteiger partial charge in [-0.1, -0.05) is 37.6 Å². The van der Waals surface area contributed by atoms with E-state index in [2.05, 4.69) is 0 Å². The van der Waals surface area contributed by atoms with Crippen molar-refractivity contribution in [2.45, 2.75) is 26.3 Å². The van der Waals surface area contributed by atoms with E-state index in [1.165, 1.54) is 0 Å². The predicted octanol–water partition coefficient (Wildman–Crippen LogP) is 2.90. The number of benzene rings is 1. The third-order valence-corrected chi connectivity index (χ3v) is 2.41. The molecule has 0 heterocycles. The Bertz CT molecular complexity index is 349. The fraction of sp³-hybridized carbons (Fsp3) is 0.417. The van der Waals surface area contributed by atoms with E-state index < -0.39 is 6.04 Å². The molecule has 0 spiro atoms. The van der Waals surface area contributed by atoms with E-state index in [-0.39, 0.29) is 5.78 Å². The number of nitrogens with two attached hydrogens (primary N) is 1. The van der Waals surface area contributed by atoms with Crippen molar-refractivity contribution in [2.24, 2.45) is 11.7 Å². The first-order valence-electron chi connectivity index (χ1n) is 5.06. The molecule has 1 aromatic carbocycles. The number of Topliss-reactive ketones (excluding diaryl/α,β-unsaturated/α-hetero) is 1. The first-order chi connectivity index (χ1) is 7.00. The van der Waals surface area contributed by atoms with Crippen molar-refractivity contribution < 1.29 is 4.79 Å². The van der Waals surface area contributed by atoms with Gasteiger partial charge in [-0.25, -0.2) is 0 Å². The molecule has 2 nitrogen and oxygen atoms in total. The second-order valence-corrected chi connectivity index (χ2v) is 4.55. The molecule has 15 heavy (non-hydrogen) atoms. The number of rotatable bonds is 4. The number of hydrogen-bond acceptors (Lipinski definition) is 2. The molecular formula is C12H16ClNO. The van der Waals surface area contributed by atoms with Crippen LogP contribution in [-0.4, -0.2) is 11.8 Å². The lowest BCUT2D eigenvalue weighted by atomic mass is 9.97. The summed E-state index contributed by atoms with van der Waals surface area (Å²) in [6.45, 7) is 4.09. The van der Waals surface area contributed by atoms with Crippen LogP contribution in [0.15, 0.2) is 24.3 Å². The zero-order valence-electron chi connectivity index (χ0n) is 9.03. The van der Waals surface area contributed by atoms with Gasteiger partial charge in [0.05, 0.1) is 6.04 Å². The highest BCUT2D eigenvalue weighted by Crippen LogP contribution is 2.14. The van der Waals surface area contributed by atoms with E-state index in [1.54, 1.807) is 24.3 Å². The van der Waals surface area contributed by atoms with E-state index >= 15 is 0 Å². The molecule has 0 aromatic heterocycles. The summed E-state index contributed by atoms with van der Waals surface area (Å²) in [6.07, 6.45) is 0.700. The molecule has 0 amide bonds. The fourth-order valence-corrected chi connectivity index (χ4v) is 1.66. The van der Waals surface area contributed by atoms with Crippen molar-refractivity contribution in [2.75, 3.05) is 0 Å². The largest absolute Gasteiger partial charge is 0.321 e. The summed E-state index contributed by atoms with van der Waals surface area (Å²) in [7, 11) is 0. The summed E-state index contributed by atoms with van der Waals surface area (Å²) in [6, 6.07) is 6.48. The molecule has 1 rings (SSSR count). The Kier molecular flexibility index (Phi) is 4.30. The molecule has 0 saturated carbocycles. The van der Waals surface area contributed by atoms with Gasteiger partial charge in [-0.3, -0.25) is 4.79 Å². The van der Waals surface area contributed by atoms with Gasteiger partial charge in [0, 0.05) is 10.6 Å². The topological polar surface area (TPSA) is 43.1 Å². The molecule has 3 heteroatoms. The zero-order valence-corrected chi connectivity index (χ0v) is 9.79. The summed E-state index contributed by atoms with van der Waals surface area (Å²) >= 11 is 5.81. The minimum atomic E-state index is -0.427. The maximum Gasteiger partial charge on any atom is 0.179 e. The van der Waals surface area contributed by atoms with Crippen LogP contribution in [-0.2, 0) is 0 Å². The Morgan fingerprint density at radius 1 is 1.47 bits per heavy atom. The number of hydrogen-bond donors (Lipinski definition) is 1. The molecule has 1 atom stereocenters. The van der Waals surface area contributed by atoms with E-state index in [0.29, 0.717) is 22.9 Å². The molecule has 0 aliphatic carbocycles. The van der Waals surface area contributed by atoms with Gasteiger partial charge in [0.15, 0.2) is 5.78 Å². The lowest BCUT2D eigenvalue weighted by Gasteiger charge is -2.12. The zero-order chi connectivity index (χ0) is 11.4. The highest BCUT2D eigenvalue weighted by molar-refractivity contribution is 6.31. The summed E-state index contributed by atoms with van der Waals surface area (Å²) in [5, 5.41) is 0.567. The molecule has 2 N–H and O–H groups in total. The van der Waals surface area contributed by atoms with Gasteiger partial charge in [-0.2, -0.15) is 0 Å². The van der Waals surface area contributed by atoms with Crippen LogP contribution >= 0.6 is 11.6 Å². The molecule has 0 aliphatic heterocycles. The lowest BCUT2D eigenvalue weighted by Crippen LogP contribution is -2.31. The summed E-state index contributed by atoms with van der Waals surface area (Å²) < 4.78 is 0. The minimum Gasteiger partial charge on any atom is -0.321 e. The summed E-state index contributed by atoms with van der Waals surface area (Å²) in [5.74, 6) is 0.384. The molecule has 1 aromatic rings. The van der Waals surface area contributed by atoms with Crippen molar-refractivity contribution in [1.82, 2.24) is 0 Å². The van der Waals surface area contributed by atoms with E-state index in [9.17, 15) is 4.79 Å². The van der Waals surface area contributed by atoms with Crippen molar-refractivity contribution in [3.8, 4) is 0 Å².